The molecular weight excluding hydrogens is 395 g/mol. The first kappa shape index (κ1) is 20.9. The van der Waals surface area contributed by atoms with Gasteiger partial charge in [-0.15, -0.1) is 0 Å². The van der Waals surface area contributed by atoms with E-state index < -0.39 is 0 Å². The molecule has 1 aliphatic rings. The van der Waals surface area contributed by atoms with Crippen LogP contribution in [0.4, 0.5) is 10.1 Å². The predicted molar refractivity (Wildman–Crippen MR) is 118 cm³/mol. The molecule has 1 heterocycles. The van der Waals surface area contributed by atoms with Crippen molar-refractivity contribution >= 4 is 11.6 Å². The van der Waals surface area contributed by atoms with Gasteiger partial charge < -0.3 is 14.8 Å². The van der Waals surface area contributed by atoms with Crippen molar-refractivity contribution in [2.45, 2.75) is 12.5 Å². The number of halogens is 1. The van der Waals surface area contributed by atoms with Gasteiger partial charge in [0.2, 0.25) is 5.91 Å². The zero-order chi connectivity index (χ0) is 21.8. The Kier molecular flexibility index (Phi) is 6.18. The van der Waals surface area contributed by atoms with E-state index >= 15 is 0 Å². The van der Waals surface area contributed by atoms with E-state index in [-0.39, 0.29) is 24.3 Å². The molecule has 31 heavy (non-hydrogen) atoms. The Bertz CT molecular complexity index is 1050. The molecular formula is C25H25FN2O3. The largest absolute Gasteiger partial charge is 0.493 e. The van der Waals surface area contributed by atoms with Crippen molar-refractivity contribution in [1.29, 1.82) is 0 Å². The van der Waals surface area contributed by atoms with E-state index in [0.717, 1.165) is 24.1 Å². The minimum atomic E-state index is -0.334. The van der Waals surface area contributed by atoms with E-state index in [1.54, 1.807) is 26.4 Å². The smallest absolute Gasteiger partial charge is 0.238 e. The molecule has 0 saturated carbocycles. The number of hydrogen-bond acceptors (Lipinski definition) is 4. The molecule has 6 heteroatoms. The van der Waals surface area contributed by atoms with Crippen molar-refractivity contribution in [1.82, 2.24) is 4.90 Å². The first-order valence-corrected chi connectivity index (χ1v) is 10.2. The molecule has 3 aromatic carbocycles. The van der Waals surface area contributed by atoms with Crippen LogP contribution < -0.4 is 14.8 Å². The van der Waals surface area contributed by atoms with Crippen LogP contribution in [-0.4, -0.2) is 38.1 Å². The van der Waals surface area contributed by atoms with E-state index in [4.69, 9.17) is 9.47 Å². The van der Waals surface area contributed by atoms with Crippen molar-refractivity contribution < 1.29 is 18.7 Å². The number of fused-ring (bicyclic) bond motifs is 1. The summed E-state index contributed by atoms with van der Waals surface area (Å²) in [6, 6.07) is 19.9. The van der Waals surface area contributed by atoms with E-state index in [1.165, 1.54) is 17.7 Å². The van der Waals surface area contributed by atoms with Gasteiger partial charge in [0.25, 0.3) is 0 Å². The van der Waals surface area contributed by atoms with Crippen LogP contribution in [0.1, 0.15) is 22.7 Å². The van der Waals surface area contributed by atoms with Gasteiger partial charge in [-0.25, -0.2) is 4.39 Å². The molecule has 1 amide bonds. The fraction of sp³-hybridized carbons (Fsp3) is 0.240. The molecule has 0 fully saturated rings. The lowest BCUT2D eigenvalue weighted by Crippen LogP contribution is -2.41. The average molecular weight is 420 g/mol. The molecule has 0 spiro atoms. The van der Waals surface area contributed by atoms with Gasteiger partial charge >= 0.3 is 0 Å². The highest BCUT2D eigenvalue weighted by molar-refractivity contribution is 5.92. The van der Waals surface area contributed by atoms with Gasteiger partial charge in [-0.3, -0.25) is 9.69 Å². The predicted octanol–water partition coefficient (Wildman–Crippen LogP) is 4.43. The zero-order valence-electron chi connectivity index (χ0n) is 17.6. The van der Waals surface area contributed by atoms with Gasteiger partial charge in [0.1, 0.15) is 5.82 Å². The van der Waals surface area contributed by atoms with Crippen LogP contribution in [0.3, 0.4) is 0 Å². The Hall–Kier alpha value is -3.38. The topological polar surface area (TPSA) is 50.8 Å². The van der Waals surface area contributed by atoms with Crippen molar-refractivity contribution in [3.8, 4) is 11.5 Å². The molecule has 160 valence electrons. The number of methoxy groups -OCH3 is 2. The lowest BCUT2D eigenvalue weighted by atomic mass is 9.87. The maximum Gasteiger partial charge on any atom is 0.238 e. The normalized spacial score (nSPS) is 15.8. The Morgan fingerprint density at radius 3 is 2.39 bits per heavy atom. The van der Waals surface area contributed by atoms with Crippen LogP contribution >= 0.6 is 0 Å². The van der Waals surface area contributed by atoms with E-state index in [1.807, 2.05) is 30.3 Å². The molecule has 0 aromatic heterocycles. The minimum Gasteiger partial charge on any atom is -0.493 e. The summed E-state index contributed by atoms with van der Waals surface area (Å²) in [5, 5.41) is 2.86. The third-order valence-electron chi connectivity index (χ3n) is 5.56. The fourth-order valence-corrected chi connectivity index (χ4v) is 4.11. The second-order valence-corrected chi connectivity index (χ2v) is 7.49. The Morgan fingerprint density at radius 1 is 1.03 bits per heavy atom. The summed E-state index contributed by atoms with van der Waals surface area (Å²) in [6.07, 6.45) is 0.794. The van der Waals surface area contributed by atoms with Crippen LogP contribution in [0.15, 0.2) is 66.7 Å². The Balaban J connectivity index is 1.64. The minimum absolute atomic E-state index is 0.0938. The molecule has 1 atom stereocenters. The first-order valence-electron chi connectivity index (χ1n) is 10.2. The summed E-state index contributed by atoms with van der Waals surface area (Å²) in [5.41, 5.74) is 3.96. The van der Waals surface area contributed by atoms with Gasteiger partial charge in [-0.1, -0.05) is 30.3 Å². The summed E-state index contributed by atoms with van der Waals surface area (Å²) in [6.45, 7) is 0.934. The number of amides is 1. The van der Waals surface area contributed by atoms with E-state index in [0.29, 0.717) is 17.2 Å². The summed E-state index contributed by atoms with van der Waals surface area (Å²) in [5.74, 6) is 0.894. The molecule has 4 rings (SSSR count). The molecule has 0 radical (unpaired) electrons. The molecule has 1 N–H and O–H groups in total. The maximum atomic E-state index is 13.2. The molecule has 5 nitrogen and oxygen atoms in total. The quantitative estimate of drug-likeness (QED) is 0.641. The molecule has 3 aromatic rings. The van der Waals surface area contributed by atoms with Crippen molar-refractivity contribution in [2.24, 2.45) is 0 Å². The summed E-state index contributed by atoms with van der Waals surface area (Å²) >= 11 is 0. The molecule has 1 aliphatic heterocycles. The number of nitrogens with zero attached hydrogens (tertiary/aromatic N) is 1. The van der Waals surface area contributed by atoms with E-state index in [9.17, 15) is 9.18 Å². The summed E-state index contributed by atoms with van der Waals surface area (Å²) in [7, 11) is 3.26. The third-order valence-corrected chi connectivity index (χ3v) is 5.56. The molecule has 0 aliphatic carbocycles. The second-order valence-electron chi connectivity index (χ2n) is 7.49. The van der Waals surface area contributed by atoms with Crippen LogP contribution in [0, 0.1) is 5.82 Å². The molecule has 0 unspecified atom stereocenters. The monoisotopic (exact) mass is 420 g/mol. The number of hydrogen-bond donors (Lipinski definition) is 1. The number of ether oxygens (including phenoxy) is 2. The van der Waals surface area contributed by atoms with E-state index in [2.05, 4.69) is 22.3 Å². The number of carbonyl (C=O) groups is 1. The first-order chi connectivity index (χ1) is 15.1. The number of carbonyl (C=O) groups excluding carboxylic acids is 1. The highest BCUT2D eigenvalue weighted by atomic mass is 19.1. The lowest BCUT2D eigenvalue weighted by molar-refractivity contribution is -0.117. The summed E-state index contributed by atoms with van der Waals surface area (Å²) < 4.78 is 24.2. The number of nitrogens with one attached hydrogen (secondary N) is 1. The van der Waals surface area contributed by atoms with Crippen LogP contribution in [0.25, 0.3) is 0 Å². The lowest BCUT2D eigenvalue weighted by Gasteiger charge is -2.37. The van der Waals surface area contributed by atoms with Crippen molar-refractivity contribution in [2.75, 3.05) is 32.6 Å². The SMILES string of the molecule is COc1cc2c(cc1OC)[C@@H](c1ccccc1)N(CC(=O)Nc1ccc(F)cc1)CC2. The molecule has 0 saturated heterocycles. The number of rotatable bonds is 6. The summed E-state index contributed by atoms with van der Waals surface area (Å²) in [4.78, 5) is 14.9. The Morgan fingerprint density at radius 2 is 1.71 bits per heavy atom. The van der Waals surface area contributed by atoms with Gasteiger partial charge in [-0.05, 0) is 59.5 Å². The molecule has 0 bridgehead atoms. The standard InChI is InChI=1S/C25H25FN2O3/c1-30-22-14-18-12-13-28(16-24(29)27-20-10-8-19(26)9-11-20)25(17-6-4-3-5-7-17)21(18)15-23(22)31-2/h3-11,14-15,25H,12-13,16H2,1-2H3,(H,27,29)/t25-/m1/s1. The van der Waals surface area contributed by atoms with Crippen molar-refractivity contribution in [3.05, 3.63) is 89.2 Å². The van der Waals surface area contributed by atoms with Crippen molar-refractivity contribution in [3.63, 3.8) is 0 Å². The van der Waals surface area contributed by atoms with Crippen LogP contribution in [0.5, 0.6) is 11.5 Å². The highest BCUT2D eigenvalue weighted by Gasteiger charge is 2.31. The van der Waals surface area contributed by atoms with Gasteiger partial charge in [0.05, 0.1) is 26.8 Å². The van der Waals surface area contributed by atoms with Gasteiger partial charge in [0.15, 0.2) is 11.5 Å². The zero-order valence-corrected chi connectivity index (χ0v) is 17.6. The van der Waals surface area contributed by atoms with Gasteiger partial charge in [0, 0.05) is 12.2 Å². The second kappa shape index (κ2) is 9.18. The van der Waals surface area contributed by atoms with Crippen LogP contribution in [-0.2, 0) is 11.2 Å². The Labute approximate surface area is 181 Å². The van der Waals surface area contributed by atoms with Crippen LogP contribution in [0.2, 0.25) is 0 Å². The fourth-order valence-electron chi connectivity index (χ4n) is 4.11. The maximum absolute atomic E-state index is 13.2. The van der Waals surface area contributed by atoms with Gasteiger partial charge in [-0.2, -0.15) is 0 Å². The average Bonchev–Trinajstić information content (AvgIpc) is 2.80. The highest BCUT2D eigenvalue weighted by Crippen LogP contribution is 2.40. The number of benzene rings is 3. The number of anilines is 1. The third kappa shape index (κ3) is 4.54.